The second-order valence-corrected chi connectivity index (χ2v) is 6.11. The molecule has 1 fully saturated rings. The molecule has 2 atom stereocenters. The lowest BCUT2D eigenvalue weighted by Crippen LogP contribution is -2.46. The number of halogens is 1. The second-order valence-electron chi connectivity index (χ2n) is 5.68. The molecule has 1 saturated carbocycles. The van der Waals surface area contributed by atoms with E-state index in [1.807, 2.05) is 0 Å². The number of aliphatic hydroxyl groups is 1. The molecular formula is C15H18ClN5O2. The van der Waals surface area contributed by atoms with E-state index in [0.717, 1.165) is 31.2 Å². The van der Waals surface area contributed by atoms with Crippen LogP contribution >= 0.6 is 11.6 Å². The normalized spacial score (nSPS) is 21.1. The van der Waals surface area contributed by atoms with Crippen LogP contribution in [0.2, 0.25) is 5.02 Å². The van der Waals surface area contributed by atoms with Crippen molar-refractivity contribution in [2.75, 3.05) is 0 Å². The molecule has 1 aliphatic carbocycles. The van der Waals surface area contributed by atoms with Gasteiger partial charge in [-0.25, -0.2) is 0 Å². The highest BCUT2D eigenvalue weighted by atomic mass is 35.5. The number of benzene rings is 1. The van der Waals surface area contributed by atoms with Crippen LogP contribution in [-0.2, 0) is 11.3 Å². The van der Waals surface area contributed by atoms with Crippen LogP contribution in [0, 0.1) is 0 Å². The monoisotopic (exact) mass is 335 g/mol. The maximum absolute atomic E-state index is 12.0. The van der Waals surface area contributed by atoms with Gasteiger partial charge < -0.3 is 10.4 Å². The fourth-order valence-electron chi connectivity index (χ4n) is 2.69. The predicted molar refractivity (Wildman–Crippen MR) is 84.7 cm³/mol. The van der Waals surface area contributed by atoms with Gasteiger partial charge >= 0.3 is 0 Å². The number of aliphatic hydroxyl groups excluding tert-OH is 1. The van der Waals surface area contributed by atoms with Crippen LogP contribution < -0.4 is 5.32 Å². The third kappa shape index (κ3) is 4.05. The summed E-state index contributed by atoms with van der Waals surface area (Å²) < 4.78 is 0. The smallest absolute Gasteiger partial charge is 0.243 e. The Labute approximate surface area is 138 Å². The molecule has 122 valence electrons. The number of hydrogen-bond donors (Lipinski definition) is 2. The average molecular weight is 336 g/mol. The van der Waals surface area contributed by atoms with Crippen molar-refractivity contribution in [3.05, 3.63) is 29.3 Å². The Balaban J connectivity index is 1.60. The molecule has 1 aromatic heterocycles. The topological polar surface area (TPSA) is 92.9 Å². The summed E-state index contributed by atoms with van der Waals surface area (Å²) in [6.45, 7) is -0.0240. The van der Waals surface area contributed by atoms with E-state index in [-0.39, 0.29) is 18.5 Å². The van der Waals surface area contributed by atoms with Crippen LogP contribution in [-0.4, -0.2) is 43.4 Å². The van der Waals surface area contributed by atoms with E-state index in [2.05, 4.69) is 20.7 Å². The molecule has 0 saturated heterocycles. The van der Waals surface area contributed by atoms with Gasteiger partial charge in [-0.2, -0.15) is 4.80 Å². The van der Waals surface area contributed by atoms with Crippen molar-refractivity contribution in [3.63, 3.8) is 0 Å². The highest BCUT2D eigenvalue weighted by Crippen LogP contribution is 2.18. The number of hydrogen-bond acceptors (Lipinski definition) is 5. The number of carbonyl (C=O) groups excluding carboxylic acids is 1. The van der Waals surface area contributed by atoms with E-state index >= 15 is 0 Å². The Hall–Kier alpha value is -1.99. The van der Waals surface area contributed by atoms with E-state index in [4.69, 9.17) is 11.6 Å². The van der Waals surface area contributed by atoms with Gasteiger partial charge in [-0.1, -0.05) is 24.4 Å². The van der Waals surface area contributed by atoms with Gasteiger partial charge in [0, 0.05) is 10.6 Å². The van der Waals surface area contributed by atoms with E-state index in [9.17, 15) is 9.90 Å². The average Bonchev–Trinajstić information content (AvgIpc) is 2.98. The van der Waals surface area contributed by atoms with Gasteiger partial charge in [0.15, 0.2) is 0 Å². The van der Waals surface area contributed by atoms with E-state index in [1.165, 1.54) is 4.80 Å². The van der Waals surface area contributed by atoms with Gasteiger partial charge in [0.25, 0.3) is 0 Å². The molecule has 1 heterocycles. The second kappa shape index (κ2) is 7.06. The molecule has 0 radical (unpaired) electrons. The first kappa shape index (κ1) is 15.9. The molecule has 8 heteroatoms. The molecule has 3 rings (SSSR count). The van der Waals surface area contributed by atoms with Gasteiger partial charge in [0.2, 0.25) is 11.7 Å². The molecule has 0 bridgehead atoms. The molecule has 1 aliphatic rings. The van der Waals surface area contributed by atoms with Gasteiger partial charge in [0.05, 0.1) is 12.1 Å². The van der Waals surface area contributed by atoms with Gasteiger partial charge in [-0.05, 0) is 42.3 Å². The van der Waals surface area contributed by atoms with Crippen molar-refractivity contribution in [2.24, 2.45) is 0 Å². The molecule has 2 aromatic rings. The fourth-order valence-corrected chi connectivity index (χ4v) is 2.81. The van der Waals surface area contributed by atoms with Crippen molar-refractivity contribution in [1.82, 2.24) is 25.5 Å². The lowest BCUT2D eigenvalue weighted by Gasteiger charge is -2.28. The molecule has 0 aliphatic heterocycles. The quantitative estimate of drug-likeness (QED) is 0.881. The lowest BCUT2D eigenvalue weighted by molar-refractivity contribution is -0.124. The molecule has 23 heavy (non-hydrogen) atoms. The first-order valence-electron chi connectivity index (χ1n) is 7.63. The number of nitrogens with one attached hydrogen (secondary N) is 1. The minimum Gasteiger partial charge on any atom is -0.391 e. The standard InChI is InChI=1S/C15H18ClN5O2/c16-11-7-5-10(6-8-11)15-18-20-21(19-15)9-14(23)17-12-3-1-2-4-13(12)22/h5-8,12-13,22H,1-4,9H2,(H,17,23)/t12-,13-/m1/s1. The summed E-state index contributed by atoms with van der Waals surface area (Å²) in [4.78, 5) is 13.3. The first-order valence-corrected chi connectivity index (χ1v) is 8.01. The zero-order valence-electron chi connectivity index (χ0n) is 12.5. The third-order valence-corrected chi connectivity index (χ3v) is 4.17. The molecule has 0 unspecified atom stereocenters. The van der Waals surface area contributed by atoms with Crippen molar-refractivity contribution in [3.8, 4) is 11.4 Å². The largest absolute Gasteiger partial charge is 0.391 e. The number of rotatable bonds is 4. The summed E-state index contributed by atoms with van der Waals surface area (Å²) in [6, 6.07) is 6.89. The Kier molecular flexibility index (Phi) is 4.88. The number of nitrogens with zero attached hydrogens (tertiary/aromatic N) is 4. The fraction of sp³-hybridized carbons (Fsp3) is 0.467. The maximum atomic E-state index is 12.0. The minimum atomic E-state index is -0.471. The number of amides is 1. The Morgan fingerprint density at radius 2 is 2.04 bits per heavy atom. The summed E-state index contributed by atoms with van der Waals surface area (Å²) in [5, 5.41) is 25.4. The van der Waals surface area contributed by atoms with Crippen LogP contribution in [0.25, 0.3) is 11.4 Å². The van der Waals surface area contributed by atoms with E-state index < -0.39 is 6.10 Å². The summed E-state index contributed by atoms with van der Waals surface area (Å²) in [6.07, 6.45) is 3.08. The first-order chi connectivity index (χ1) is 11.1. The number of tetrazole rings is 1. The highest BCUT2D eigenvalue weighted by Gasteiger charge is 2.24. The van der Waals surface area contributed by atoms with Gasteiger partial charge in [0.1, 0.15) is 6.54 Å². The van der Waals surface area contributed by atoms with Crippen LogP contribution in [0.15, 0.2) is 24.3 Å². The highest BCUT2D eigenvalue weighted by molar-refractivity contribution is 6.30. The summed E-state index contributed by atoms with van der Waals surface area (Å²) >= 11 is 5.84. The zero-order valence-corrected chi connectivity index (χ0v) is 13.3. The van der Waals surface area contributed by atoms with Gasteiger partial charge in [-0.3, -0.25) is 4.79 Å². The van der Waals surface area contributed by atoms with Crippen LogP contribution in [0.5, 0.6) is 0 Å². The van der Waals surface area contributed by atoms with Crippen molar-refractivity contribution in [2.45, 2.75) is 44.4 Å². The van der Waals surface area contributed by atoms with Crippen LogP contribution in [0.1, 0.15) is 25.7 Å². The summed E-state index contributed by atoms with van der Waals surface area (Å²) in [7, 11) is 0. The molecule has 0 spiro atoms. The zero-order chi connectivity index (χ0) is 16.2. The molecule has 1 amide bonds. The lowest BCUT2D eigenvalue weighted by atomic mass is 9.92. The minimum absolute atomic E-state index is 0.0240. The van der Waals surface area contributed by atoms with Crippen LogP contribution in [0.4, 0.5) is 0 Å². The Bertz CT molecular complexity index is 673. The van der Waals surface area contributed by atoms with E-state index in [0.29, 0.717) is 10.8 Å². The van der Waals surface area contributed by atoms with E-state index in [1.54, 1.807) is 24.3 Å². The SMILES string of the molecule is O=C(Cn1nnc(-c2ccc(Cl)cc2)n1)N[C@@H]1CCCC[C@H]1O. The summed E-state index contributed by atoms with van der Waals surface area (Å²) in [5.41, 5.74) is 0.781. The number of carbonyl (C=O) groups is 1. The predicted octanol–water partition coefficient (Wildman–Crippen LogP) is 1.41. The Morgan fingerprint density at radius 3 is 2.78 bits per heavy atom. The molecule has 2 N–H and O–H groups in total. The van der Waals surface area contributed by atoms with Gasteiger partial charge in [-0.15, -0.1) is 10.2 Å². The number of aromatic nitrogens is 4. The van der Waals surface area contributed by atoms with Crippen molar-refractivity contribution in [1.29, 1.82) is 0 Å². The summed E-state index contributed by atoms with van der Waals surface area (Å²) in [5.74, 6) is 0.211. The third-order valence-electron chi connectivity index (χ3n) is 3.92. The Morgan fingerprint density at radius 1 is 1.30 bits per heavy atom. The van der Waals surface area contributed by atoms with Crippen LogP contribution in [0.3, 0.4) is 0 Å². The van der Waals surface area contributed by atoms with Crippen molar-refractivity contribution < 1.29 is 9.90 Å². The van der Waals surface area contributed by atoms with Crippen molar-refractivity contribution >= 4 is 17.5 Å². The molecule has 1 aromatic carbocycles. The molecule has 7 nitrogen and oxygen atoms in total. The maximum Gasteiger partial charge on any atom is 0.243 e. The molecular weight excluding hydrogens is 318 g/mol.